The number of rotatable bonds is 6. The molecule has 8 nitrogen and oxygen atoms in total. The Labute approximate surface area is 233 Å². The van der Waals surface area contributed by atoms with E-state index in [1.807, 2.05) is 44.4 Å². The minimum atomic E-state index is -0.286. The van der Waals surface area contributed by atoms with Gasteiger partial charge in [-0.05, 0) is 76.2 Å². The van der Waals surface area contributed by atoms with Gasteiger partial charge in [-0.25, -0.2) is 4.98 Å². The van der Waals surface area contributed by atoms with Gasteiger partial charge in [0, 0.05) is 73.4 Å². The van der Waals surface area contributed by atoms with Crippen molar-refractivity contribution in [1.29, 1.82) is 0 Å². The molecule has 3 aromatic heterocycles. The summed E-state index contributed by atoms with van der Waals surface area (Å²) in [4.78, 5) is 38.3. The highest BCUT2D eigenvalue weighted by molar-refractivity contribution is 6.37. The van der Waals surface area contributed by atoms with E-state index >= 15 is 0 Å². The lowest BCUT2D eigenvalue weighted by atomic mass is 10.00. The van der Waals surface area contributed by atoms with Gasteiger partial charge in [0.05, 0.1) is 16.1 Å². The van der Waals surface area contributed by atoms with Crippen LogP contribution in [0.3, 0.4) is 0 Å². The number of carbonyl (C=O) groups excluding carboxylic acids is 1. The molecule has 0 spiro atoms. The zero-order valence-electron chi connectivity index (χ0n) is 23.1. The van der Waals surface area contributed by atoms with Crippen LogP contribution in [0.1, 0.15) is 47.1 Å². The SMILES string of the molecule is Cc1cc(C)c(CNC(=O)c2cc(-c3ccc(N4CCN(C)CC4)nc3)cc3c2c(Cl)cn3C(C)C)c(=O)[nH]1. The van der Waals surface area contributed by atoms with Gasteiger partial charge in [0.25, 0.3) is 11.5 Å². The number of aryl methyl sites for hydroxylation is 2. The number of likely N-dealkylation sites (N-methyl/N-ethyl adjacent to an activating group) is 1. The van der Waals surface area contributed by atoms with E-state index < -0.39 is 0 Å². The summed E-state index contributed by atoms with van der Waals surface area (Å²) in [5, 5.41) is 4.17. The predicted octanol–water partition coefficient (Wildman–Crippen LogP) is 4.92. The molecule has 2 N–H and O–H groups in total. The van der Waals surface area contributed by atoms with E-state index in [-0.39, 0.29) is 24.1 Å². The molecule has 0 atom stereocenters. The predicted molar refractivity (Wildman–Crippen MR) is 158 cm³/mol. The molecule has 4 heterocycles. The zero-order valence-corrected chi connectivity index (χ0v) is 23.9. The maximum atomic E-state index is 13.6. The van der Waals surface area contributed by atoms with Gasteiger partial charge < -0.3 is 24.7 Å². The molecule has 1 aliphatic heterocycles. The number of nitrogens with zero attached hydrogens (tertiary/aromatic N) is 4. The molecule has 1 aromatic carbocycles. The number of anilines is 1. The number of hydrogen-bond acceptors (Lipinski definition) is 5. The standard InChI is InChI=1S/C30H35ClN6O2/c1-18(2)37-17-25(31)28-23(29(38)33-16-24-19(3)12-20(4)34-30(24)39)13-22(14-26(28)37)21-6-7-27(32-15-21)36-10-8-35(5)9-11-36/h6-7,12-15,17-18H,8-11,16H2,1-5H3,(H,33,38)(H,34,39). The third kappa shape index (κ3) is 5.44. The number of hydrogen-bond donors (Lipinski definition) is 2. The summed E-state index contributed by atoms with van der Waals surface area (Å²) in [7, 11) is 2.14. The first-order chi connectivity index (χ1) is 18.6. The van der Waals surface area contributed by atoms with Gasteiger partial charge in [0.15, 0.2) is 0 Å². The maximum Gasteiger partial charge on any atom is 0.253 e. The molecule has 204 valence electrons. The van der Waals surface area contributed by atoms with E-state index in [4.69, 9.17) is 16.6 Å². The minimum absolute atomic E-state index is 0.121. The summed E-state index contributed by atoms with van der Waals surface area (Å²) in [6, 6.07) is 10.1. The monoisotopic (exact) mass is 546 g/mol. The van der Waals surface area contributed by atoms with Crippen LogP contribution in [0.5, 0.6) is 0 Å². The molecule has 1 amide bonds. The van der Waals surface area contributed by atoms with Crippen LogP contribution in [0, 0.1) is 13.8 Å². The van der Waals surface area contributed by atoms with E-state index in [9.17, 15) is 9.59 Å². The van der Waals surface area contributed by atoms with E-state index in [1.54, 1.807) is 0 Å². The highest BCUT2D eigenvalue weighted by atomic mass is 35.5. The van der Waals surface area contributed by atoms with Crippen molar-refractivity contribution in [2.45, 2.75) is 40.3 Å². The summed E-state index contributed by atoms with van der Waals surface area (Å²) in [6.45, 7) is 11.9. The lowest BCUT2D eigenvalue weighted by molar-refractivity contribution is 0.0952. The number of carbonyl (C=O) groups is 1. The number of aromatic amines is 1. The summed E-state index contributed by atoms with van der Waals surface area (Å²) >= 11 is 6.69. The number of benzene rings is 1. The van der Waals surface area contributed by atoms with E-state index in [0.29, 0.717) is 21.5 Å². The van der Waals surface area contributed by atoms with Crippen molar-refractivity contribution in [2.24, 2.45) is 0 Å². The van der Waals surface area contributed by atoms with Gasteiger partial charge in [-0.3, -0.25) is 9.59 Å². The molecule has 0 radical (unpaired) electrons. The smallest absolute Gasteiger partial charge is 0.253 e. The van der Waals surface area contributed by atoms with Crippen molar-refractivity contribution in [3.63, 3.8) is 0 Å². The van der Waals surface area contributed by atoms with Crippen molar-refractivity contribution in [1.82, 2.24) is 24.8 Å². The Bertz CT molecular complexity index is 1580. The number of pyridine rings is 2. The topological polar surface area (TPSA) is 86.3 Å². The Kier molecular flexibility index (Phi) is 7.51. The Hall–Kier alpha value is -3.62. The lowest BCUT2D eigenvalue weighted by Gasteiger charge is -2.33. The van der Waals surface area contributed by atoms with Crippen LogP contribution in [0.15, 0.2) is 47.5 Å². The summed E-state index contributed by atoms with van der Waals surface area (Å²) in [6.07, 6.45) is 3.75. The van der Waals surface area contributed by atoms with Crippen molar-refractivity contribution < 1.29 is 4.79 Å². The second-order valence-electron chi connectivity index (χ2n) is 10.7. The fourth-order valence-corrected chi connectivity index (χ4v) is 5.56. The molecule has 1 fully saturated rings. The average molecular weight is 547 g/mol. The van der Waals surface area contributed by atoms with Gasteiger partial charge in [-0.15, -0.1) is 0 Å². The van der Waals surface area contributed by atoms with Crippen molar-refractivity contribution in [3.05, 3.63) is 80.5 Å². The molecule has 0 saturated carbocycles. The third-order valence-electron chi connectivity index (χ3n) is 7.52. The number of fused-ring (bicyclic) bond motifs is 1. The van der Waals surface area contributed by atoms with E-state index in [0.717, 1.165) is 59.9 Å². The van der Waals surface area contributed by atoms with Gasteiger partial charge in [0.1, 0.15) is 5.82 Å². The number of aromatic nitrogens is 3. The van der Waals surface area contributed by atoms with Gasteiger partial charge in [-0.2, -0.15) is 0 Å². The second-order valence-corrected chi connectivity index (χ2v) is 11.1. The molecule has 39 heavy (non-hydrogen) atoms. The van der Waals surface area contributed by atoms with Crippen LogP contribution in [0.2, 0.25) is 5.02 Å². The van der Waals surface area contributed by atoms with Crippen LogP contribution in [0.4, 0.5) is 5.82 Å². The summed E-state index contributed by atoms with van der Waals surface area (Å²) in [5.74, 6) is 0.671. The van der Waals surface area contributed by atoms with E-state index in [1.165, 1.54) is 0 Å². The third-order valence-corrected chi connectivity index (χ3v) is 7.80. The normalized spacial score (nSPS) is 14.4. The number of nitrogens with one attached hydrogen (secondary N) is 2. The maximum absolute atomic E-state index is 13.6. The van der Waals surface area contributed by atoms with Gasteiger partial charge in [-0.1, -0.05) is 11.6 Å². The largest absolute Gasteiger partial charge is 0.354 e. The molecule has 1 aliphatic rings. The number of piperazine rings is 1. The van der Waals surface area contributed by atoms with Crippen LogP contribution >= 0.6 is 11.6 Å². The van der Waals surface area contributed by atoms with Crippen LogP contribution in [-0.4, -0.2) is 58.6 Å². The Morgan fingerprint density at radius 2 is 1.85 bits per heavy atom. The summed E-state index contributed by atoms with van der Waals surface area (Å²) in [5.41, 5.74) is 5.12. The molecule has 0 bridgehead atoms. The molecule has 9 heteroatoms. The quantitative estimate of drug-likeness (QED) is 0.358. The molecule has 1 saturated heterocycles. The average Bonchev–Trinajstić information content (AvgIpc) is 3.24. The highest BCUT2D eigenvalue weighted by Gasteiger charge is 2.21. The van der Waals surface area contributed by atoms with Gasteiger partial charge in [0.2, 0.25) is 0 Å². The molecular weight excluding hydrogens is 512 g/mol. The lowest BCUT2D eigenvalue weighted by Crippen LogP contribution is -2.44. The first-order valence-electron chi connectivity index (χ1n) is 13.3. The highest BCUT2D eigenvalue weighted by Crippen LogP contribution is 2.35. The molecule has 0 unspecified atom stereocenters. The van der Waals surface area contributed by atoms with E-state index in [2.05, 4.69) is 57.7 Å². The minimum Gasteiger partial charge on any atom is -0.354 e. The zero-order chi connectivity index (χ0) is 27.8. The first-order valence-corrected chi connectivity index (χ1v) is 13.7. The van der Waals surface area contributed by atoms with Crippen LogP contribution in [-0.2, 0) is 6.54 Å². The summed E-state index contributed by atoms with van der Waals surface area (Å²) < 4.78 is 2.08. The number of H-pyrrole nitrogens is 1. The van der Waals surface area contributed by atoms with Crippen molar-refractivity contribution in [2.75, 3.05) is 38.1 Å². The Morgan fingerprint density at radius 3 is 2.49 bits per heavy atom. The number of amides is 1. The molecule has 0 aliphatic carbocycles. The Morgan fingerprint density at radius 1 is 1.10 bits per heavy atom. The molecule has 4 aromatic rings. The van der Waals surface area contributed by atoms with Crippen molar-refractivity contribution in [3.8, 4) is 11.1 Å². The number of halogens is 1. The van der Waals surface area contributed by atoms with Gasteiger partial charge >= 0.3 is 0 Å². The van der Waals surface area contributed by atoms with Crippen LogP contribution in [0.25, 0.3) is 22.0 Å². The second kappa shape index (κ2) is 10.9. The fourth-order valence-electron chi connectivity index (χ4n) is 5.26. The molecular formula is C30H35ClN6O2. The fraction of sp³-hybridized carbons (Fsp3) is 0.367. The van der Waals surface area contributed by atoms with Crippen LogP contribution < -0.4 is 15.8 Å². The van der Waals surface area contributed by atoms with Crippen molar-refractivity contribution >= 4 is 34.2 Å². The first kappa shape index (κ1) is 27.0. The molecule has 5 rings (SSSR count). The Balaban J connectivity index is 1.51.